The number of halogens is 1. The third-order valence-corrected chi connectivity index (χ3v) is 4.72. The number of nitrogens with zero attached hydrogens (tertiary/aromatic N) is 3. The van der Waals surface area contributed by atoms with Crippen LogP contribution >= 0.6 is 0 Å². The summed E-state index contributed by atoms with van der Waals surface area (Å²) < 4.78 is 13.3. The highest BCUT2D eigenvalue weighted by molar-refractivity contribution is 5.82. The van der Waals surface area contributed by atoms with Crippen LogP contribution in [0.1, 0.15) is 5.56 Å². The van der Waals surface area contributed by atoms with E-state index in [1.54, 1.807) is 25.1 Å². The van der Waals surface area contributed by atoms with Gasteiger partial charge in [-0.3, -0.25) is 14.5 Å². The number of likely N-dealkylation sites (tertiary alicyclic amines) is 2. The molecule has 124 valence electrons. The molecule has 2 aliphatic heterocycles. The van der Waals surface area contributed by atoms with Gasteiger partial charge in [0.25, 0.3) is 0 Å². The fourth-order valence-electron chi connectivity index (χ4n) is 3.49. The molecule has 0 aromatic heterocycles. The molecule has 2 amide bonds. The maximum atomic E-state index is 13.3. The van der Waals surface area contributed by atoms with Crippen molar-refractivity contribution in [1.29, 1.82) is 0 Å². The Balaban J connectivity index is 1.58. The van der Waals surface area contributed by atoms with Gasteiger partial charge in [0.05, 0.1) is 12.5 Å². The number of carbonyl (C=O) groups is 2. The molecule has 0 saturated carbocycles. The average molecular weight is 319 g/mol. The van der Waals surface area contributed by atoms with E-state index in [-0.39, 0.29) is 29.5 Å². The highest BCUT2D eigenvalue weighted by atomic mass is 19.1. The molecule has 0 radical (unpaired) electrons. The molecule has 5 nitrogen and oxygen atoms in total. The van der Waals surface area contributed by atoms with Gasteiger partial charge < -0.3 is 9.80 Å². The van der Waals surface area contributed by atoms with E-state index in [1.807, 2.05) is 11.0 Å². The fourth-order valence-corrected chi connectivity index (χ4v) is 3.49. The average Bonchev–Trinajstić information content (AvgIpc) is 2.99. The summed E-state index contributed by atoms with van der Waals surface area (Å²) in [6.07, 6.45) is 0. The predicted octanol–water partition coefficient (Wildman–Crippen LogP) is 0.804. The van der Waals surface area contributed by atoms with E-state index in [4.69, 9.17) is 0 Å². The molecule has 0 unspecified atom stereocenters. The van der Waals surface area contributed by atoms with Gasteiger partial charge in [0, 0.05) is 46.2 Å². The van der Waals surface area contributed by atoms with Gasteiger partial charge >= 0.3 is 0 Å². The van der Waals surface area contributed by atoms with Crippen molar-refractivity contribution in [1.82, 2.24) is 14.7 Å². The van der Waals surface area contributed by atoms with Crippen LogP contribution in [0, 0.1) is 17.7 Å². The van der Waals surface area contributed by atoms with Gasteiger partial charge in [0.1, 0.15) is 5.82 Å². The van der Waals surface area contributed by atoms with Crippen LogP contribution in [0.15, 0.2) is 24.3 Å². The summed E-state index contributed by atoms with van der Waals surface area (Å²) in [6.45, 7) is 2.93. The lowest BCUT2D eigenvalue weighted by Crippen LogP contribution is -2.38. The summed E-state index contributed by atoms with van der Waals surface area (Å²) in [5, 5.41) is 0. The standard InChI is InChI=1S/C17H22FN3O2/c1-19(2)16(22)11-20-8-13-9-21(17(23)15(13)10-20)7-12-4-3-5-14(18)6-12/h3-6,13,15H,7-11H2,1-2H3/t13-,15-/m0/s1. The van der Waals surface area contributed by atoms with Gasteiger partial charge in [-0.1, -0.05) is 12.1 Å². The number of fused-ring (bicyclic) bond motifs is 1. The number of hydrogen-bond acceptors (Lipinski definition) is 3. The lowest BCUT2D eigenvalue weighted by molar-refractivity contribution is -0.133. The molecule has 2 heterocycles. The zero-order valence-electron chi connectivity index (χ0n) is 13.5. The van der Waals surface area contributed by atoms with Gasteiger partial charge in [-0.2, -0.15) is 0 Å². The molecular formula is C17H22FN3O2. The molecule has 2 aliphatic rings. The molecule has 2 saturated heterocycles. The summed E-state index contributed by atoms with van der Waals surface area (Å²) in [5.41, 5.74) is 0.818. The SMILES string of the molecule is CN(C)C(=O)CN1C[C@H]2CN(Cc3cccc(F)c3)C(=O)[C@H]2C1. The molecule has 2 fully saturated rings. The van der Waals surface area contributed by atoms with Crippen molar-refractivity contribution in [2.75, 3.05) is 40.3 Å². The maximum Gasteiger partial charge on any atom is 0.236 e. The zero-order valence-corrected chi connectivity index (χ0v) is 13.5. The number of rotatable bonds is 4. The molecule has 1 aromatic rings. The number of carbonyl (C=O) groups excluding carboxylic acids is 2. The Morgan fingerprint density at radius 3 is 2.74 bits per heavy atom. The van der Waals surface area contributed by atoms with Crippen LogP contribution in [0.25, 0.3) is 0 Å². The molecule has 0 bridgehead atoms. The first-order chi connectivity index (χ1) is 10.9. The molecule has 6 heteroatoms. The minimum atomic E-state index is -0.275. The molecule has 0 aliphatic carbocycles. The first kappa shape index (κ1) is 15.9. The Morgan fingerprint density at radius 1 is 1.30 bits per heavy atom. The first-order valence-electron chi connectivity index (χ1n) is 7.90. The molecule has 1 aromatic carbocycles. The van der Waals surface area contributed by atoms with Crippen LogP contribution in [0.2, 0.25) is 0 Å². The summed E-state index contributed by atoms with van der Waals surface area (Å²) in [4.78, 5) is 29.8. The van der Waals surface area contributed by atoms with Gasteiger partial charge in [-0.05, 0) is 17.7 Å². The zero-order chi connectivity index (χ0) is 16.6. The van der Waals surface area contributed by atoms with Gasteiger partial charge in [0.15, 0.2) is 0 Å². The second-order valence-corrected chi connectivity index (χ2v) is 6.70. The summed E-state index contributed by atoms with van der Waals surface area (Å²) in [5.74, 6) is 0.153. The van der Waals surface area contributed by atoms with Crippen molar-refractivity contribution in [3.8, 4) is 0 Å². The number of benzene rings is 1. The minimum absolute atomic E-state index is 0.0291. The number of amides is 2. The molecule has 2 atom stereocenters. The number of hydrogen-bond donors (Lipinski definition) is 0. The van der Waals surface area contributed by atoms with E-state index in [1.165, 1.54) is 12.1 Å². The van der Waals surface area contributed by atoms with E-state index in [2.05, 4.69) is 4.90 Å². The molecule has 23 heavy (non-hydrogen) atoms. The Morgan fingerprint density at radius 2 is 2.09 bits per heavy atom. The van der Waals surface area contributed by atoms with Gasteiger partial charge in [-0.25, -0.2) is 4.39 Å². The number of likely N-dealkylation sites (N-methyl/N-ethyl adjacent to an activating group) is 1. The Hall–Kier alpha value is -1.95. The highest BCUT2D eigenvalue weighted by Gasteiger charge is 2.46. The van der Waals surface area contributed by atoms with E-state index in [0.717, 1.165) is 12.1 Å². The third kappa shape index (κ3) is 3.37. The van der Waals surface area contributed by atoms with Crippen LogP contribution in [0.5, 0.6) is 0 Å². The van der Waals surface area contributed by atoms with Crippen molar-refractivity contribution in [2.24, 2.45) is 11.8 Å². The van der Waals surface area contributed by atoms with Crippen LogP contribution in [0.3, 0.4) is 0 Å². The fraction of sp³-hybridized carbons (Fsp3) is 0.529. The lowest BCUT2D eigenvalue weighted by atomic mass is 10.0. The van der Waals surface area contributed by atoms with Gasteiger partial charge in [-0.15, -0.1) is 0 Å². The van der Waals surface area contributed by atoms with Crippen molar-refractivity contribution >= 4 is 11.8 Å². The Bertz CT molecular complexity index is 620. The van der Waals surface area contributed by atoms with Crippen molar-refractivity contribution in [3.63, 3.8) is 0 Å². The monoisotopic (exact) mass is 319 g/mol. The maximum absolute atomic E-state index is 13.3. The quantitative estimate of drug-likeness (QED) is 0.825. The largest absolute Gasteiger partial charge is 0.348 e. The van der Waals surface area contributed by atoms with Crippen LogP contribution < -0.4 is 0 Å². The third-order valence-electron chi connectivity index (χ3n) is 4.72. The highest BCUT2D eigenvalue weighted by Crippen LogP contribution is 2.33. The van der Waals surface area contributed by atoms with E-state index < -0.39 is 0 Å². The molecule has 0 spiro atoms. The second kappa shape index (κ2) is 6.28. The molecule has 3 rings (SSSR count). The van der Waals surface area contributed by atoms with Crippen molar-refractivity contribution in [2.45, 2.75) is 6.54 Å². The summed E-state index contributed by atoms with van der Waals surface area (Å²) in [6, 6.07) is 6.39. The Labute approximate surface area is 135 Å². The normalized spacial score (nSPS) is 24.1. The molecular weight excluding hydrogens is 297 g/mol. The van der Waals surface area contributed by atoms with E-state index in [0.29, 0.717) is 26.2 Å². The summed E-state index contributed by atoms with van der Waals surface area (Å²) in [7, 11) is 3.48. The summed E-state index contributed by atoms with van der Waals surface area (Å²) >= 11 is 0. The topological polar surface area (TPSA) is 43.9 Å². The van der Waals surface area contributed by atoms with Gasteiger partial charge in [0.2, 0.25) is 11.8 Å². The Kier molecular flexibility index (Phi) is 4.35. The second-order valence-electron chi connectivity index (χ2n) is 6.70. The minimum Gasteiger partial charge on any atom is -0.348 e. The molecule has 0 N–H and O–H groups in total. The predicted molar refractivity (Wildman–Crippen MR) is 83.9 cm³/mol. The van der Waals surface area contributed by atoms with E-state index in [9.17, 15) is 14.0 Å². The van der Waals surface area contributed by atoms with Crippen LogP contribution in [-0.2, 0) is 16.1 Å². The van der Waals surface area contributed by atoms with E-state index >= 15 is 0 Å². The lowest BCUT2D eigenvalue weighted by Gasteiger charge is -2.22. The van der Waals surface area contributed by atoms with Crippen LogP contribution in [-0.4, -0.2) is 66.8 Å². The smallest absolute Gasteiger partial charge is 0.236 e. The first-order valence-corrected chi connectivity index (χ1v) is 7.90. The van der Waals surface area contributed by atoms with Crippen molar-refractivity contribution < 1.29 is 14.0 Å². The van der Waals surface area contributed by atoms with Crippen molar-refractivity contribution in [3.05, 3.63) is 35.6 Å². The van der Waals surface area contributed by atoms with Crippen LogP contribution in [0.4, 0.5) is 4.39 Å².